The summed E-state index contributed by atoms with van der Waals surface area (Å²) in [6.07, 6.45) is 3.80. The number of rotatable bonds is 2. The van der Waals surface area contributed by atoms with E-state index in [1.165, 1.54) is 11.1 Å². The van der Waals surface area contributed by atoms with Gasteiger partial charge in [0.15, 0.2) is 0 Å². The Bertz CT molecular complexity index is 455. The minimum absolute atomic E-state index is 0.560. The largest absolute Gasteiger partial charge is 0.334 e. The lowest BCUT2D eigenvalue weighted by atomic mass is 10.0. The molecule has 0 aliphatic rings. The third kappa shape index (κ3) is 1.94. The number of hydrogen-bond acceptors (Lipinski definition) is 1. The van der Waals surface area contributed by atoms with Crippen molar-refractivity contribution in [1.82, 2.24) is 9.55 Å². The molecule has 0 amide bonds. The molecule has 0 aliphatic carbocycles. The Labute approximate surface area is 90.6 Å². The van der Waals surface area contributed by atoms with Gasteiger partial charge in [0, 0.05) is 25.0 Å². The standard InChI is InChI=1S/C13H16N2/c1-10(2)11-5-4-6-12(9-11)13-14-7-8-15(13)3/h4-10H,1-3H3. The Morgan fingerprint density at radius 3 is 2.67 bits per heavy atom. The lowest BCUT2D eigenvalue weighted by molar-refractivity contribution is 0.865. The third-order valence-corrected chi connectivity index (χ3v) is 2.63. The smallest absolute Gasteiger partial charge is 0.139 e. The molecule has 0 spiro atoms. The fourth-order valence-corrected chi connectivity index (χ4v) is 1.68. The van der Waals surface area contributed by atoms with Crippen LogP contribution in [0.2, 0.25) is 0 Å². The van der Waals surface area contributed by atoms with Gasteiger partial charge in [-0.3, -0.25) is 0 Å². The van der Waals surface area contributed by atoms with Crippen molar-refractivity contribution in [2.75, 3.05) is 0 Å². The van der Waals surface area contributed by atoms with Gasteiger partial charge in [-0.2, -0.15) is 0 Å². The van der Waals surface area contributed by atoms with E-state index in [9.17, 15) is 0 Å². The Morgan fingerprint density at radius 1 is 1.27 bits per heavy atom. The first-order valence-electron chi connectivity index (χ1n) is 5.26. The highest BCUT2D eigenvalue weighted by Gasteiger charge is 2.05. The zero-order chi connectivity index (χ0) is 10.8. The van der Waals surface area contributed by atoms with Crippen LogP contribution < -0.4 is 0 Å². The van der Waals surface area contributed by atoms with Crippen LogP contribution in [0.4, 0.5) is 0 Å². The van der Waals surface area contributed by atoms with Gasteiger partial charge in [0.1, 0.15) is 5.82 Å². The van der Waals surface area contributed by atoms with Crippen molar-refractivity contribution in [3.63, 3.8) is 0 Å². The Hall–Kier alpha value is -1.57. The number of hydrogen-bond donors (Lipinski definition) is 0. The van der Waals surface area contributed by atoms with E-state index in [1.54, 1.807) is 0 Å². The fourth-order valence-electron chi connectivity index (χ4n) is 1.68. The van der Waals surface area contributed by atoms with Crippen molar-refractivity contribution in [3.8, 4) is 11.4 Å². The zero-order valence-corrected chi connectivity index (χ0v) is 9.44. The van der Waals surface area contributed by atoms with Crippen LogP contribution >= 0.6 is 0 Å². The number of nitrogens with zero attached hydrogens (tertiary/aromatic N) is 2. The fraction of sp³-hybridized carbons (Fsp3) is 0.308. The summed E-state index contributed by atoms with van der Waals surface area (Å²) in [5, 5.41) is 0. The molecule has 0 atom stereocenters. The topological polar surface area (TPSA) is 17.8 Å². The van der Waals surface area contributed by atoms with Crippen LogP contribution in [0, 0.1) is 0 Å². The highest BCUT2D eigenvalue weighted by atomic mass is 15.0. The van der Waals surface area contributed by atoms with Crippen molar-refractivity contribution < 1.29 is 0 Å². The van der Waals surface area contributed by atoms with E-state index in [-0.39, 0.29) is 0 Å². The van der Waals surface area contributed by atoms with Crippen molar-refractivity contribution in [3.05, 3.63) is 42.2 Å². The molecule has 0 fully saturated rings. The number of aryl methyl sites for hydroxylation is 1. The predicted octanol–water partition coefficient (Wildman–Crippen LogP) is 3.21. The molecule has 0 saturated heterocycles. The van der Waals surface area contributed by atoms with Gasteiger partial charge in [0.2, 0.25) is 0 Å². The quantitative estimate of drug-likeness (QED) is 0.727. The summed E-state index contributed by atoms with van der Waals surface area (Å²) < 4.78 is 2.04. The van der Waals surface area contributed by atoms with Crippen LogP contribution in [-0.4, -0.2) is 9.55 Å². The van der Waals surface area contributed by atoms with Crippen LogP contribution in [-0.2, 0) is 7.05 Å². The molecule has 2 aromatic rings. The Morgan fingerprint density at radius 2 is 2.07 bits per heavy atom. The van der Waals surface area contributed by atoms with E-state index in [0.717, 1.165) is 5.82 Å². The van der Waals surface area contributed by atoms with Gasteiger partial charge in [0.25, 0.3) is 0 Å². The minimum atomic E-state index is 0.560. The molecule has 0 unspecified atom stereocenters. The highest BCUT2D eigenvalue weighted by molar-refractivity contribution is 5.56. The minimum Gasteiger partial charge on any atom is -0.334 e. The number of imidazole rings is 1. The van der Waals surface area contributed by atoms with E-state index >= 15 is 0 Å². The highest BCUT2D eigenvalue weighted by Crippen LogP contribution is 2.22. The first kappa shape index (κ1) is 9.97. The van der Waals surface area contributed by atoms with Crippen molar-refractivity contribution in [2.45, 2.75) is 19.8 Å². The summed E-state index contributed by atoms with van der Waals surface area (Å²) in [6.45, 7) is 4.41. The van der Waals surface area contributed by atoms with Gasteiger partial charge < -0.3 is 4.57 Å². The van der Waals surface area contributed by atoms with Crippen LogP contribution in [0.3, 0.4) is 0 Å². The molecule has 15 heavy (non-hydrogen) atoms. The first-order valence-corrected chi connectivity index (χ1v) is 5.26. The predicted molar refractivity (Wildman–Crippen MR) is 62.7 cm³/mol. The van der Waals surface area contributed by atoms with Crippen molar-refractivity contribution in [1.29, 1.82) is 0 Å². The summed E-state index contributed by atoms with van der Waals surface area (Å²) in [4.78, 5) is 4.35. The molecule has 0 aliphatic heterocycles. The monoisotopic (exact) mass is 200 g/mol. The molecule has 78 valence electrons. The summed E-state index contributed by atoms with van der Waals surface area (Å²) in [7, 11) is 2.02. The van der Waals surface area contributed by atoms with Crippen LogP contribution in [0.15, 0.2) is 36.7 Å². The normalized spacial score (nSPS) is 10.9. The molecule has 2 heteroatoms. The molecular formula is C13H16N2. The third-order valence-electron chi connectivity index (χ3n) is 2.63. The lowest BCUT2D eigenvalue weighted by Gasteiger charge is -2.07. The molecule has 1 aromatic carbocycles. The SMILES string of the molecule is CC(C)c1cccc(-c2nccn2C)c1. The van der Waals surface area contributed by atoms with Gasteiger partial charge >= 0.3 is 0 Å². The molecule has 1 heterocycles. The lowest BCUT2D eigenvalue weighted by Crippen LogP contribution is -1.93. The van der Waals surface area contributed by atoms with Crippen molar-refractivity contribution >= 4 is 0 Å². The van der Waals surface area contributed by atoms with Gasteiger partial charge in [-0.05, 0) is 17.5 Å². The van der Waals surface area contributed by atoms with Crippen molar-refractivity contribution in [2.24, 2.45) is 7.05 Å². The van der Waals surface area contributed by atoms with E-state index in [0.29, 0.717) is 5.92 Å². The van der Waals surface area contributed by atoms with Gasteiger partial charge in [-0.15, -0.1) is 0 Å². The van der Waals surface area contributed by atoms with Gasteiger partial charge in [0.05, 0.1) is 0 Å². The molecule has 1 aromatic heterocycles. The second-order valence-corrected chi connectivity index (χ2v) is 4.14. The van der Waals surface area contributed by atoms with E-state index in [2.05, 4.69) is 43.1 Å². The van der Waals surface area contributed by atoms with Gasteiger partial charge in [-0.1, -0.05) is 32.0 Å². The molecule has 0 radical (unpaired) electrons. The average Bonchev–Trinajstić information content (AvgIpc) is 2.64. The Kier molecular flexibility index (Phi) is 2.58. The average molecular weight is 200 g/mol. The summed E-state index contributed by atoms with van der Waals surface area (Å²) in [5.41, 5.74) is 2.55. The van der Waals surface area contributed by atoms with Crippen LogP contribution in [0.25, 0.3) is 11.4 Å². The van der Waals surface area contributed by atoms with Gasteiger partial charge in [-0.25, -0.2) is 4.98 Å². The van der Waals surface area contributed by atoms with Crippen LogP contribution in [0.5, 0.6) is 0 Å². The second-order valence-electron chi connectivity index (χ2n) is 4.14. The molecule has 0 N–H and O–H groups in total. The maximum absolute atomic E-state index is 4.35. The summed E-state index contributed by atoms with van der Waals surface area (Å²) in [6, 6.07) is 8.58. The molecular weight excluding hydrogens is 184 g/mol. The molecule has 2 rings (SSSR count). The summed E-state index contributed by atoms with van der Waals surface area (Å²) in [5.74, 6) is 1.59. The number of benzene rings is 1. The molecule has 0 saturated carbocycles. The Balaban J connectivity index is 2.46. The zero-order valence-electron chi connectivity index (χ0n) is 9.44. The molecule has 0 bridgehead atoms. The maximum Gasteiger partial charge on any atom is 0.139 e. The van der Waals surface area contributed by atoms with E-state index < -0.39 is 0 Å². The van der Waals surface area contributed by atoms with Crippen LogP contribution in [0.1, 0.15) is 25.3 Å². The first-order chi connectivity index (χ1) is 7.18. The van der Waals surface area contributed by atoms with E-state index in [1.807, 2.05) is 24.0 Å². The maximum atomic E-state index is 4.35. The second kappa shape index (κ2) is 3.89. The number of aromatic nitrogens is 2. The van der Waals surface area contributed by atoms with E-state index in [4.69, 9.17) is 0 Å². The molecule has 2 nitrogen and oxygen atoms in total. The summed E-state index contributed by atoms with van der Waals surface area (Å²) >= 11 is 0.